The van der Waals surface area contributed by atoms with Crippen LogP contribution in [0.1, 0.15) is 33.3 Å². The number of aryl methyl sites for hydroxylation is 1. The van der Waals surface area contributed by atoms with Gasteiger partial charge in [0.25, 0.3) is 5.91 Å². The molecule has 1 heterocycles. The molecule has 5 nitrogen and oxygen atoms in total. The number of benzene rings is 2. The zero-order chi connectivity index (χ0) is 21.0. The quantitative estimate of drug-likeness (QED) is 0.358. The number of hydrogen-bond acceptors (Lipinski definition) is 5. The summed E-state index contributed by atoms with van der Waals surface area (Å²) in [6.45, 7) is 5.65. The van der Waals surface area contributed by atoms with Crippen LogP contribution in [-0.2, 0) is 9.53 Å². The fourth-order valence-corrected chi connectivity index (χ4v) is 4.06. The Balaban J connectivity index is 1.96. The number of carbonyl (C=O) groups is 2. The minimum absolute atomic E-state index is 0.0418. The number of fused-ring (bicyclic) bond motifs is 1. The lowest BCUT2D eigenvalue weighted by molar-refractivity contribution is -0.112. The van der Waals surface area contributed by atoms with Gasteiger partial charge >= 0.3 is 5.97 Å². The van der Waals surface area contributed by atoms with Crippen molar-refractivity contribution in [1.82, 2.24) is 0 Å². The molecule has 0 saturated carbocycles. The van der Waals surface area contributed by atoms with Gasteiger partial charge in [0.15, 0.2) is 0 Å². The van der Waals surface area contributed by atoms with Crippen molar-refractivity contribution in [1.29, 1.82) is 5.26 Å². The molecular formula is C23H20N2O3S. The molecule has 2 aromatic carbocycles. The maximum atomic E-state index is 12.8. The molecule has 6 heteroatoms. The van der Waals surface area contributed by atoms with Crippen LogP contribution in [0.2, 0.25) is 0 Å². The highest BCUT2D eigenvalue weighted by Gasteiger charge is 2.23. The van der Waals surface area contributed by atoms with Crippen LogP contribution in [-0.4, -0.2) is 18.5 Å². The number of thiophene rings is 1. The van der Waals surface area contributed by atoms with Crippen LogP contribution in [0.15, 0.2) is 48.0 Å². The third-order valence-corrected chi connectivity index (χ3v) is 5.70. The van der Waals surface area contributed by atoms with Crippen molar-refractivity contribution in [3.63, 3.8) is 0 Å². The Kier molecular flexibility index (Phi) is 6.10. The van der Waals surface area contributed by atoms with Crippen molar-refractivity contribution in [2.24, 2.45) is 0 Å². The second-order valence-corrected chi connectivity index (χ2v) is 7.62. The van der Waals surface area contributed by atoms with E-state index in [-0.39, 0.29) is 12.2 Å². The molecule has 1 amide bonds. The van der Waals surface area contributed by atoms with E-state index in [0.29, 0.717) is 10.6 Å². The fraction of sp³-hybridized carbons (Fsp3) is 0.174. The lowest BCUT2D eigenvalue weighted by Crippen LogP contribution is -2.16. The highest BCUT2D eigenvalue weighted by molar-refractivity contribution is 7.16. The number of carbonyl (C=O) groups excluding carboxylic acids is 2. The molecule has 0 radical (unpaired) electrons. The number of anilines is 1. The summed E-state index contributed by atoms with van der Waals surface area (Å²) >= 11 is 1.29. The zero-order valence-electron chi connectivity index (χ0n) is 16.4. The van der Waals surface area contributed by atoms with Gasteiger partial charge in [-0.2, -0.15) is 5.26 Å². The van der Waals surface area contributed by atoms with Gasteiger partial charge < -0.3 is 10.1 Å². The molecule has 0 unspecified atom stereocenters. The number of nitriles is 1. The first-order valence-corrected chi connectivity index (χ1v) is 9.96. The molecule has 0 fully saturated rings. The molecule has 0 aliphatic carbocycles. The highest BCUT2D eigenvalue weighted by atomic mass is 32.1. The summed E-state index contributed by atoms with van der Waals surface area (Å²) in [6, 6.07) is 15.4. The second-order valence-electron chi connectivity index (χ2n) is 6.40. The third kappa shape index (κ3) is 4.20. The van der Waals surface area contributed by atoms with Gasteiger partial charge in [-0.1, -0.05) is 42.5 Å². The van der Waals surface area contributed by atoms with E-state index in [2.05, 4.69) is 5.32 Å². The Morgan fingerprint density at radius 3 is 2.62 bits per heavy atom. The zero-order valence-corrected chi connectivity index (χ0v) is 17.2. The van der Waals surface area contributed by atoms with E-state index < -0.39 is 11.9 Å². The summed E-state index contributed by atoms with van der Waals surface area (Å²) in [4.78, 5) is 26.0. The summed E-state index contributed by atoms with van der Waals surface area (Å²) in [5, 5.41) is 14.6. The molecule has 0 aliphatic rings. The van der Waals surface area contributed by atoms with Crippen molar-refractivity contribution < 1.29 is 14.3 Å². The SMILES string of the molecule is CCOC(=O)c1c(NC(=O)C(C#N)=Cc2cccc3ccccc23)sc(C)c1C. The maximum Gasteiger partial charge on any atom is 0.341 e. The van der Waals surface area contributed by atoms with Crippen LogP contribution in [0.4, 0.5) is 5.00 Å². The Labute approximate surface area is 173 Å². The van der Waals surface area contributed by atoms with E-state index in [1.54, 1.807) is 13.0 Å². The minimum Gasteiger partial charge on any atom is -0.462 e. The van der Waals surface area contributed by atoms with Crippen molar-refractivity contribution >= 4 is 45.1 Å². The van der Waals surface area contributed by atoms with Gasteiger partial charge in [0, 0.05) is 4.88 Å². The monoisotopic (exact) mass is 404 g/mol. The van der Waals surface area contributed by atoms with Crippen LogP contribution >= 0.6 is 11.3 Å². The predicted molar refractivity (Wildman–Crippen MR) is 116 cm³/mol. The maximum absolute atomic E-state index is 12.8. The average molecular weight is 404 g/mol. The van der Waals surface area contributed by atoms with Crippen LogP contribution in [0.3, 0.4) is 0 Å². The van der Waals surface area contributed by atoms with E-state index in [1.165, 1.54) is 11.3 Å². The standard InChI is InChI=1S/C23H20N2O3S/c1-4-28-23(27)20-14(2)15(3)29-22(20)25-21(26)18(13-24)12-17-10-7-9-16-8-5-6-11-19(16)17/h5-12H,4H2,1-3H3,(H,25,26). The van der Waals surface area contributed by atoms with Crippen LogP contribution in [0, 0.1) is 25.2 Å². The molecule has 0 bridgehead atoms. The van der Waals surface area contributed by atoms with E-state index >= 15 is 0 Å². The summed E-state index contributed by atoms with van der Waals surface area (Å²) in [5.41, 5.74) is 1.84. The van der Waals surface area contributed by atoms with E-state index in [0.717, 1.165) is 26.8 Å². The van der Waals surface area contributed by atoms with Crippen LogP contribution < -0.4 is 5.32 Å². The topological polar surface area (TPSA) is 79.2 Å². The van der Waals surface area contributed by atoms with Gasteiger partial charge in [0.1, 0.15) is 16.6 Å². The van der Waals surface area contributed by atoms with Gasteiger partial charge in [-0.15, -0.1) is 11.3 Å². The molecule has 3 aromatic rings. The van der Waals surface area contributed by atoms with E-state index in [1.807, 2.05) is 62.4 Å². The van der Waals surface area contributed by atoms with Crippen LogP contribution in [0.5, 0.6) is 0 Å². The molecule has 1 aromatic heterocycles. The number of amides is 1. The van der Waals surface area contributed by atoms with Gasteiger partial charge in [-0.25, -0.2) is 4.79 Å². The summed E-state index contributed by atoms with van der Waals surface area (Å²) in [6.07, 6.45) is 1.56. The van der Waals surface area contributed by atoms with Crippen LogP contribution in [0.25, 0.3) is 16.8 Å². The Morgan fingerprint density at radius 1 is 1.17 bits per heavy atom. The number of nitrogens with one attached hydrogen (secondary N) is 1. The first-order chi connectivity index (χ1) is 14.0. The normalized spacial score (nSPS) is 11.2. The van der Waals surface area contributed by atoms with Crippen molar-refractivity contribution in [3.05, 3.63) is 69.6 Å². The Morgan fingerprint density at radius 2 is 1.90 bits per heavy atom. The van der Waals surface area contributed by atoms with Crippen molar-refractivity contribution in [3.8, 4) is 6.07 Å². The summed E-state index contributed by atoms with van der Waals surface area (Å²) in [5.74, 6) is -1.05. The average Bonchev–Trinajstić information content (AvgIpc) is 2.99. The predicted octanol–water partition coefficient (Wildman–Crippen LogP) is 5.24. The summed E-state index contributed by atoms with van der Waals surface area (Å²) < 4.78 is 5.11. The molecule has 0 atom stereocenters. The first kappa shape index (κ1) is 20.3. The number of nitrogens with zero attached hydrogens (tertiary/aromatic N) is 1. The molecule has 0 spiro atoms. The molecule has 0 aliphatic heterocycles. The van der Waals surface area contributed by atoms with E-state index in [9.17, 15) is 14.9 Å². The van der Waals surface area contributed by atoms with Gasteiger partial charge in [-0.3, -0.25) is 4.79 Å². The molecular weight excluding hydrogens is 384 g/mol. The minimum atomic E-state index is -0.563. The van der Waals surface area contributed by atoms with Crippen molar-refractivity contribution in [2.75, 3.05) is 11.9 Å². The van der Waals surface area contributed by atoms with E-state index in [4.69, 9.17) is 4.74 Å². The third-order valence-electron chi connectivity index (χ3n) is 4.58. The molecule has 1 N–H and O–H groups in total. The Bertz CT molecular complexity index is 1160. The second kappa shape index (κ2) is 8.72. The number of rotatable bonds is 5. The molecule has 0 saturated heterocycles. The number of esters is 1. The highest BCUT2D eigenvalue weighted by Crippen LogP contribution is 2.33. The van der Waals surface area contributed by atoms with Gasteiger partial charge in [0.05, 0.1) is 12.2 Å². The Hall–Kier alpha value is -3.43. The molecule has 3 rings (SSSR count). The lowest BCUT2D eigenvalue weighted by atomic mass is 10.0. The van der Waals surface area contributed by atoms with Crippen molar-refractivity contribution in [2.45, 2.75) is 20.8 Å². The number of ether oxygens (including phenoxy) is 1. The smallest absolute Gasteiger partial charge is 0.341 e. The molecule has 29 heavy (non-hydrogen) atoms. The largest absolute Gasteiger partial charge is 0.462 e. The number of hydrogen-bond donors (Lipinski definition) is 1. The lowest BCUT2D eigenvalue weighted by Gasteiger charge is -2.07. The summed E-state index contributed by atoms with van der Waals surface area (Å²) in [7, 11) is 0. The van der Waals surface area contributed by atoms with Gasteiger partial charge in [0.2, 0.25) is 0 Å². The molecule has 146 valence electrons. The van der Waals surface area contributed by atoms with Gasteiger partial charge in [-0.05, 0) is 48.7 Å². The fourth-order valence-electron chi connectivity index (χ4n) is 3.01. The first-order valence-electron chi connectivity index (χ1n) is 9.14.